The maximum atomic E-state index is 14.5. The van der Waals surface area contributed by atoms with Crippen LogP contribution in [0.25, 0.3) is 6.08 Å². The second-order valence-electron chi connectivity index (χ2n) is 13.0. The van der Waals surface area contributed by atoms with Crippen molar-refractivity contribution >= 4 is 17.9 Å². The van der Waals surface area contributed by atoms with E-state index in [1.54, 1.807) is 24.2 Å². The van der Waals surface area contributed by atoms with Gasteiger partial charge in [0.15, 0.2) is 0 Å². The van der Waals surface area contributed by atoms with Crippen molar-refractivity contribution in [3.63, 3.8) is 0 Å². The number of rotatable bonds is 16. The molecular formula is C42H50N4O4. The highest BCUT2D eigenvalue weighted by atomic mass is 16.5. The van der Waals surface area contributed by atoms with E-state index in [-0.39, 0.29) is 18.4 Å². The van der Waals surface area contributed by atoms with E-state index in [0.29, 0.717) is 26.1 Å². The SMILES string of the molecule is COc1ccc(/C=C/C(=O)N(Cc2ccc(OCCCN(C)C)cc2)[C@@H](Cc2ccccc2)C(=O)N2CCN(Cc3ccccc3)CC2)cc1. The van der Waals surface area contributed by atoms with E-state index in [2.05, 4.69) is 48.2 Å². The third-order valence-corrected chi connectivity index (χ3v) is 8.98. The maximum Gasteiger partial charge on any atom is 0.247 e. The summed E-state index contributed by atoms with van der Waals surface area (Å²) in [5.74, 6) is 1.29. The lowest BCUT2D eigenvalue weighted by Crippen LogP contribution is -2.56. The van der Waals surface area contributed by atoms with Crippen LogP contribution in [0.2, 0.25) is 0 Å². The molecule has 0 saturated carbocycles. The van der Waals surface area contributed by atoms with E-state index in [1.165, 1.54) is 5.56 Å². The van der Waals surface area contributed by atoms with Crippen LogP contribution < -0.4 is 9.47 Å². The summed E-state index contributed by atoms with van der Waals surface area (Å²) in [6, 6.07) is 35.1. The molecule has 4 aromatic carbocycles. The van der Waals surface area contributed by atoms with Crippen molar-refractivity contribution in [3.8, 4) is 11.5 Å². The van der Waals surface area contributed by atoms with Gasteiger partial charge in [0.05, 0.1) is 13.7 Å². The number of carbonyl (C=O) groups excluding carboxylic acids is 2. The fraction of sp³-hybridized carbons (Fsp3) is 0.333. The van der Waals surface area contributed by atoms with E-state index in [9.17, 15) is 9.59 Å². The number of piperazine rings is 1. The topological polar surface area (TPSA) is 65.6 Å². The highest BCUT2D eigenvalue weighted by Gasteiger charge is 2.34. The highest BCUT2D eigenvalue weighted by molar-refractivity contribution is 5.95. The van der Waals surface area contributed by atoms with E-state index < -0.39 is 6.04 Å². The Morgan fingerprint density at radius 1 is 0.760 bits per heavy atom. The zero-order valence-corrected chi connectivity index (χ0v) is 29.6. The summed E-state index contributed by atoms with van der Waals surface area (Å²) >= 11 is 0. The Labute approximate surface area is 297 Å². The van der Waals surface area contributed by atoms with Gasteiger partial charge in [0.2, 0.25) is 11.8 Å². The first kappa shape index (κ1) is 36.4. The van der Waals surface area contributed by atoms with Crippen molar-refractivity contribution in [3.05, 3.63) is 138 Å². The standard InChI is InChI=1S/C42H50N4O4/c1-43(2)25-10-30-50-39-22-17-37(18-23-39)33-46(41(47)24-19-34-15-20-38(49-3)21-16-34)40(31-35-11-6-4-7-12-35)42(48)45-28-26-44(27-29-45)32-36-13-8-5-9-14-36/h4-9,11-24,40H,10,25-33H2,1-3H3/b24-19+/t40-/m0/s1. The van der Waals surface area contributed by atoms with Crippen molar-refractivity contribution in [1.82, 2.24) is 19.6 Å². The van der Waals surface area contributed by atoms with Gasteiger partial charge in [-0.15, -0.1) is 0 Å². The Morgan fingerprint density at radius 3 is 2.00 bits per heavy atom. The van der Waals surface area contributed by atoms with Gasteiger partial charge in [0.25, 0.3) is 0 Å². The molecule has 1 saturated heterocycles. The summed E-state index contributed by atoms with van der Waals surface area (Å²) in [4.78, 5) is 37.0. The molecule has 0 aromatic heterocycles. The fourth-order valence-electron chi connectivity index (χ4n) is 6.13. The Bertz CT molecular complexity index is 1640. The predicted molar refractivity (Wildman–Crippen MR) is 200 cm³/mol. The third-order valence-electron chi connectivity index (χ3n) is 8.98. The average Bonchev–Trinajstić information content (AvgIpc) is 3.15. The molecule has 2 amide bonds. The lowest BCUT2D eigenvalue weighted by atomic mass is 10.0. The Balaban J connectivity index is 1.37. The number of hydrogen-bond acceptors (Lipinski definition) is 6. The molecule has 4 aromatic rings. The molecule has 0 aliphatic carbocycles. The fourth-order valence-corrected chi connectivity index (χ4v) is 6.13. The van der Waals surface area contributed by atoms with Crippen molar-refractivity contribution in [2.24, 2.45) is 0 Å². The summed E-state index contributed by atoms with van der Waals surface area (Å²) in [5.41, 5.74) is 4.07. The van der Waals surface area contributed by atoms with Gasteiger partial charge in [-0.1, -0.05) is 84.9 Å². The van der Waals surface area contributed by atoms with Gasteiger partial charge >= 0.3 is 0 Å². The molecule has 1 heterocycles. The smallest absolute Gasteiger partial charge is 0.247 e. The molecule has 262 valence electrons. The minimum atomic E-state index is -0.687. The molecular weight excluding hydrogens is 624 g/mol. The first-order valence-corrected chi connectivity index (χ1v) is 17.5. The molecule has 0 N–H and O–H groups in total. The van der Waals surface area contributed by atoms with Crippen LogP contribution in [0.3, 0.4) is 0 Å². The van der Waals surface area contributed by atoms with Crippen molar-refractivity contribution in [2.75, 3.05) is 60.5 Å². The number of methoxy groups -OCH3 is 1. The summed E-state index contributed by atoms with van der Waals surface area (Å²) in [7, 11) is 5.73. The normalized spacial score (nSPS) is 14.1. The molecule has 0 unspecified atom stereocenters. The van der Waals surface area contributed by atoms with Crippen LogP contribution >= 0.6 is 0 Å². The van der Waals surface area contributed by atoms with Crippen LogP contribution in [0.5, 0.6) is 11.5 Å². The van der Waals surface area contributed by atoms with Crippen molar-refractivity contribution in [2.45, 2.75) is 32.0 Å². The lowest BCUT2D eigenvalue weighted by Gasteiger charge is -2.39. The number of hydrogen-bond donors (Lipinski definition) is 0. The van der Waals surface area contributed by atoms with Crippen LogP contribution in [0.4, 0.5) is 0 Å². The van der Waals surface area contributed by atoms with E-state index in [0.717, 1.165) is 60.8 Å². The van der Waals surface area contributed by atoms with E-state index >= 15 is 0 Å². The van der Waals surface area contributed by atoms with Gasteiger partial charge in [0.1, 0.15) is 17.5 Å². The first-order valence-electron chi connectivity index (χ1n) is 17.5. The molecule has 0 spiro atoms. The number of nitrogens with zero attached hydrogens (tertiary/aromatic N) is 4. The first-order chi connectivity index (χ1) is 24.4. The van der Waals surface area contributed by atoms with Crippen molar-refractivity contribution < 1.29 is 19.1 Å². The summed E-state index contributed by atoms with van der Waals surface area (Å²) in [6.45, 7) is 5.50. The van der Waals surface area contributed by atoms with Gasteiger partial charge in [-0.05, 0) is 73.1 Å². The van der Waals surface area contributed by atoms with Gasteiger partial charge in [-0.25, -0.2) is 0 Å². The average molecular weight is 675 g/mol. The zero-order valence-electron chi connectivity index (χ0n) is 29.6. The molecule has 1 aliphatic heterocycles. The van der Waals surface area contributed by atoms with Crippen LogP contribution in [0, 0.1) is 0 Å². The van der Waals surface area contributed by atoms with Crippen LogP contribution in [-0.2, 0) is 29.1 Å². The monoisotopic (exact) mass is 674 g/mol. The van der Waals surface area contributed by atoms with Crippen LogP contribution in [0.15, 0.2) is 115 Å². The molecule has 0 radical (unpaired) electrons. The molecule has 1 fully saturated rings. The Kier molecular flexibility index (Phi) is 13.6. The minimum Gasteiger partial charge on any atom is -0.497 e. The summed E-state index contributed by atoms with van der Waals surface area (Å²) < 4.78 is 11.3. The maximum absolute atomic E-state index is 14.5. The number of ether oxygens (including phenoxy) is 2. The summed E-state index contributed by atoms with van der Waals surface area (Å²) in [5, 5.41) is 0. The van der Waals surface area contributed by atoms with Gasteiger partial charge < -0.3 is 24.2 Å². The molecule has 0 bridgehead atoms. The second kappa shape index (κ2) is 18.7. The molecule has 1 aliphatic rings. The van der Waals surface area contributed by atoms with Gasteiger partial charge in [-0.3, -0.25) is 14.5 Å². The molecule has 8 heteroatoms. The zero-order chi connectivity index (χ0) is 35.1. The Morgan fingerprint density at radius 2 is 1.38 bits per heavy atom. The minimum absolute atomic E-state index is 0.0275. The number of carbonyl (C=O) groups is 2. The van der Waals surface area contributed by atoms with E-state index in [4.69, 9.17) is 9.47 Å². The van der Waals surface area contributed by atoms with Crippen LogP contribution in [-0.4, -0.2) is 98.0 Å². The van der Waals surface area contributed by atoms with E-state index in [1.807, 2.05) is 89.8 Å². The molecule has 5 rings (SSSR count). The third kappa shape index (κ3) is 11.1. The number of benzene rings is 4. The highest BCUT2D eigenvalue weighted by Crippen LogP contribution is 2.21. The largest absolute Gasteiger partial charge is 0.497 e. The number of amides is 2. The summed E-state index contributed by atoms with van der Waals surface area (Å²) in [6.07, 6.45) is 4.72. The lowest BCUT2D eigenvalue weighted by molar-refractivity contribution is -0.145. The molecule has 1 atom stereocenters. The van der Waals surface area contributed by atoms with Gasteiger partial charge in [-0.2, -0.15) is 0 Å². The quantitative estimate of drug-likeness (QED) is 0.107. The van der Waals surface area contributed by atoms with Gasteiger partial charge in [0, 0.05) is 58.3 Å². The second-order valence-corrected chi connectivity index (χ2v) is 13.0. The van der Waals surface area contributed by atoms with Crippen molar-refractivity contribution in [1.29, 1.82) is 0 Å². The predicted octanol–water partition coefficient (Wildman–Crippen LogP) is 6.02. The molecule has 50 heavy (non-hydrogen) atoms. The Hall–Kier alpha value is -4.92. The molecule has 8 nitrogen and oxygen atoms in total. The van der Waals surface area contributed by atoms with Crippen LogP contribution in [0.1, 0.15) is 28.7 Å².